The number of fused-ring (bicyclic) bond motifs is 1. The second-order valence-corrected chi connectivity index (χ2v) is 13.1. The fourth-order valence-corrected chi connectivity index (χ4v) is 7.03. The number of piperidine rings is 1. The molecule has 2 saturated heterocycles. The average molecular weight is 551 g/mol. The standard InChI is InChI=1S/C27H42N4O6S/c32-24(30-16-8-5-9-17-30)19-20-11-6-3-1-2-4-7-12-22(25(33)29-38(36,37)21-14-15-21)28-26(34)23-13-10-18-31(23)27(20)35/h4,7,20-23H,1-3,5-6,8-19H2,(H,28,34)(H,29,33)/b7-4-/t20-,22+,23+/m1/s1. The quantitative estimate of drug-likeness (QED) is 0.503. The highest BCUT2D eigenvalue weighted by Crippen LogP contribution is 2.28. The van der Waals surface area contributed by atoms with E-state index in [1.807, 2.05) is 17.1 Å². The monoisotopic (exact) mass is 550 g/mol. The van der Waals surface area contributed by atoms with Crippen molar-refractivity contribution in [2.75, 3.05) is 19.6 Å². The van der Waals surface area contributed by atoms with E-state index in [0.29, 0.717) is 38.6 Å². The van der Waals surface area contributed by atoms with Crippen molar-refractivity contribution in [3.8, 4) is 0 Å². The van der Waals surface area contributed by atoms with E-state index in [9.17, 15) is 27.6 Å². The summed E-state index contributed by atoms with van der Waals surface area (Å²) in [6, 6.07) is -1.79. The van der Waals surface area contributed by atoms with E-state index < -0.39 is 45.1 Å². The molecular formula is C27H42N4O6S. The van der Waals surface area contributed by atoms with Crippen molar-refractivity contribution in [2.24, 2.45) is 5.92 Å². The number of hydrogen-bond acceptors (Lipinski definition) is 6. The molecule has 10 nitrogen and oxygen atoms in total. The number of likely N-dealkylation sites (tertiary alicyclic amines) is 1. The van der Waals surface area contributed by atoms with Crippen molar-refractivity contribution in [1.82, 2.24) is 19.8 Å². The molecule has 0 aromatic heterocycles. The van der Waals surface area contributed by atoms with Gasteiger partial charge < -0.3 is 15.1 Å². The summed E-state index contributed by atoms with van der Waals surface area (Å²) in [5.74, 6) is -1.83. The van der Waals surface area contributed by atoms with Gasteiger partial charge in [-0.1, -0.05) is 25.0 Å². The number of hydrogen-bond donors (Lipinski definition) is 2. The minimum Gasteiger partial charge on any atom is -0.343 e. The van der Waals surface area contributed by atoms with E-state index in [4.69, 9.17) is 0 Å². The van der Waals surface area contributed by atoms with Gasteiger partial charge in [-0.15, -0.1) is 0 Å². The van der Waals surface area contributed by atoms with Crippen LogP contribution in [-0.4, -0.2) is 78.8 Å². The molecule has 4 rings (SSSR count). The van der Waals surface area contributed by atoms with Crippen LogP contribution in [0.3, 0.4) is 0 Å². The van der Waals surface area contributed by atoms with E-state index in [-0.39, 0.29) is 24.7 Å². The highest BCUT2D eigenvalue weighted by molar-refractivity contribution is 7.90. The summed E-state index contributed by atoms with van der Waals surface area (Å²) < 4.78 is 26.8. The molecule has 1 aliphatic carbocycles. The van der Waals surface area contributed by atoms with Crippen LogP contribution in [-0.2, 0) is 29.2 Å². The summed E-state index contributed by atoms with van der Waals surface area (Å²) in [4.78, 5) is 56.5. The zero-order valence-corrected chi connectivity index (χ0v) is 23.1. The largest absolute Gasteiger partial charge is 0.343 e. The summed E-state index contributed by atoms with van der Waals surface area (Å²) in [6.07, 6.45) is 13.4. The fourth-order valence-electron chi connectivity index (χ4n) is 5.69. The lowest BCUT2D eigenvalue weighted by Gasteiger charge is -2.31. The molecule has 38 heavy (non-hydrogen) atoms. The number of nitrogens with zero attached hydrogens (tertiary/aromatic N) is 2. The number of carbonyl (C=O) groups excluding carboxylic acids is 4. The topological polar surface area (TPSA) is 133 Å². The molecular weight excluding hydrogens is 508 g/mol. The fraction of sp³-hybridized carbons (Fsp3) is 0.778. The maximum Gasteiger partial charge on any atom is 0.256 e. The third-order valence-corrected chi connectivity index (χ3v) is 9.95. The minimum atomic E-state index is -3.75. The van der Waals surface area contributed by atoms with Crippen LogP contribution in [0.2, 0.25) is 0 Å². The molecule has 11 heteroatoms. The summed E-state index contributed by atoms with van der Waals surface area (Å²) in [5.41, 5.74) is 0. The van der Waals surface area contributed by atoms with Crippen molar-refractivity contribution < 1.29 is 27.6 Å². The molecule has 3 heterocycles. The smallest absolute Gasteiger partial charge is 0.256 e. The van der Waals surface area contributed by atoms with Crippen LogP contribution in [0.15, 0.2) is 12.2 Å². The molecule has 0 unspecified atom stereocenters. The van der Waals surface area contributed by atoms with Crippen LogP contribution in [0.5, 0.6) is 0 Å². The second kappa shape index (κ2) is 13.1. The number of carbonyl (C=O) groups is 4. The van der Waals surface area contributed by atoms with Gasteiger partial charge in [0, 0.05) is 32.0 Å². The maximum absolute atomic E-state index is 13.7. The second-order valence-electron chi connectivity index (χ2n) is 11.1. The Balaban J connectivity index is 1.48. The van der Waals surface area contributed by atoms with E-state index >= 15 is 0 Å². The van der Waals surface area contributed by atoms with Crippen molar-refractivity contribution in [3.05, 3.63) is 12.2 Å². The molecule has 0 spiro atoms. The van der Waals surface area contributed by atoms with Gasteiger partial charge in [0.2, 0.25) is 27.7 Å². The Morgan fingerprint density at radius 1 is 0.895 bits per heavy atom. The predicted molar refractivity (Wildman–Crippen MR) is 142 cm³/mol. The Morgan fingerprint density at radius 2 is 1.63 bits per heavy atom. The number of nitrogens with one attached hydrogen (secondary N) is 2. The van der Waals surface area contributed by atoms with E-state index in [0.717, 1.165) is 58.0 Å². The number of rotatable bonds is 5. The molecule has 212 valence electrons. The highest BCUT2D eigenvalue weighted by atomic mass is 32.2. The Morgan fingerprint density at radius 3 is 2.37 bits per heavy atom. The van der Waals surface area contributed by atoms with Crippen molar-refractivity contribution in [2.45, 2.75) is 107 Å². The van der Waals surface area contributed by atoms with Gasteiger partial charge in [-0.3, -0.25) is 23.9 Å². The molecule has 3 atom stereocenters. The van der Waals surface area contributed by atoms with Gasteiger partial charge >= 0.3 is 0 Å². The molecule has 0 bridgehead atoms. The molecule has 1 saturated carbocycles. The third-order valence-electron chi connectivity index (χ3n) is 8.12. The van der Waals surface area contributed by atoms with E-state index in [1.165, 1.54) is 0 Å². The Labute approximate surface area is 226 Å². The number of sulfonamides is 1. The van der Waals surface area contributed by atoms with Crippen LogP contribution < -0.4 is 10.0 Å². The van der Waals surface area contributed by atoms with E-state index in [1.54, 1.807) is 4.90 Å². The first-order valence-corrected chi connectivity index (χ1v) is 15.9. The lowest BCUT2D eigenvalue weighted by atomic mass is 9.94. The van der Waals surface area contributed by atoms with Crippen LogP contribution in [0.25, 0.3) is 0 Å². The first kappa shape index (κ1) is 28.6. The van der Waals surface area contributed by atoms with Gasteiger partial charge in [0.05, 0.1) is 5.25 Å². The van der Waals surface area contributed by atoms with E-state index in [2.05, 4.69) is 10.0 Å². The molecule has 3 fully saturated rings. The Bertz CT molecular complexity index is 1020. The summed E-state index contributed by atoms with van der Waals surface area (Å²) in [7, 11) is -3.75. The van der Waals surface area contributed by atoms with Crippen molar-refractivity contribution in [1.29, 1.82) is 0 Å². The molecule has 0 radical (unpaired) electrons. The molecule has 2 N–H and O–H groups in total. The summed E-state index contributed by atoms with van der Waals surface area (Å²) in [6.45, 7) is 1.90. The molecule has 0 aromatic rings. The van der Waals surface area contributed by atoms with Gasteiger partial charge in [0.15, 0.2) is 0 Å². The first-order chi connectivity index (χ1) is 18.3. The van der Waals surface area contributed by atoms with Gasteiger partial charge in [-0.05, 0) is 70.6 Å². The zero-order valence-electron chi connectivity index (χ0n) is 22.2. The van der Waals surface area contributed by atoms with Gasteiger partial charge in [0.25, 0.3) is 5.91 Å². The van der Waals surface area contributed by atoms with Crippen molar-refractivity contribution >= 4 is 33.7 Å². The van der Waals surface area contributed by atoms with Crippen LogP contribution in [0, 0.1) is 5.92 Å². The molecule has 0 aromatic carbocycles. The third kappa shape index (κ3) is 7.57. The maximum atomic E-state index is 13.7. The number of amides is 4. The normalized spacial score (nSPS) is 29.0. The number of allylic oxidation sites excluding steroid dienone is 1. The summed E-state index contributed by atoms with van der Waals surface area (Å²) in [5, 5.41) is 2.18. The Hall–Kier alpha value is -2.43. The van der Waals surface area contributed by atoms with Crippen molar-refractivity contribution in [3.63, 3.8) is 0 Å². The van der Waals surface area contributed by atoms with Gasteiger partial charge in [-0.25, -0.2) is 8.42 Å². The first-order valence-electron chi connectivity index (χ1n) is 14.4. The molecule has 4 amide bonds. The zero-order chi connectivity index (χ0) is 27.1. The predicted octanol–water partition coefficient (Wildman–Crippen LogP) is 2.00. The summed E-state index contributed by atoms with van der Waals surface area (Å²) >= 11 is 0. The SMILES string of the molecule is O=C(NS(=O)(=O)C1CC1)[C@@H]1C/C=C\CCCCC[C@H](CC(=O)N2CCCCC2)C(=O)N2CCC[C@H]2C(=O)N1. The highest BCUT2D eigenvalue weighted by Gasteiger charge is 2.41. The minimum absolute atomic E-state index is 0.0118. The van der Waals surface area contributed by atoms with Gasteiger partial charge in [0.1, 0.15) is 12.1 Å². The van der Waals surface area contributed by atoms with Crippen LogP contribution >= 0.6 is 0 Å². The molecule has 3 aliphatic heterocycles. The molecule has 4 aliphatic rings. The van der Waals surface area contributed by atoms with Crippen LogP contribution in [0.4, 0.5) is 0 Å². The Kier molecular flexibility index (Phi) is 9.84. The van der Waals surface area contributed by atoms with Crippen LogP contribution in [0.1, 0.15) is 89.9 Å². The van der Waals surface area contributed by atoms with Gasteiger partial charge in [-0.2, -0.15) is 0 Å². The lowest BCUT2D eigenvalue weighted by Crippen LogP contribution is -2.54. The lowest BCUT2D eigenvalue weighted by molar-refractivity contribution is -0.145. The average Bonchev–Trinajstić information content (AvgIpc) is 3.66.